The molecule has 0 aliphatic carbocycles. The number of hydrogen-bond donors (Lipinski definition) is 2. The van der Waals surface area contributed by atoms with Gasteiger partial charge in [-0.2, -0.15) is 13.2 Å². The normalized spacial score (nSPS) is 22.8. The zero-order chi connectivity index (χ0) is 16.3. The Morgan fingerprint density at radius 3 is 2.82 bits per heavy atom. The second-order valence-corrected chi connectivity index (χ2v) is 5.41. The number of likely N-dealkylation sites (tertiary alicyclic amines) is 1. The first-order valence-electron chi connectivity index (χ1n) is 7.17. The van der Waals surface area contributed by atoms with Crippen molar-refractivity contribution in [3.63, 3.8) is 0 Å². The van der Waals surface area contributed by atoms with Gasteiger partial charge < -0.3 is 10.4 Å². The molecule has 1 saturated heterocycles. The van der Waals surface area contributed by atoms with Gasteiger partial charge in [0.1, 0.15) is 0 Å². The van der Waals surface area contributed by atoms with Gasteiger partial charge in [-0.15, -0.1) is 0 Å². The fraction of sp³-hybridized carbons (Fsp3) is 0.533. The molecular weight excluding hydrogens is 297 g/mol. The number of halogens is 3. The zero-order valence-corrected chi connectivity index (χ0v) is 12.2. The standard InChI is InChI=1S/C15H19F3N2O2/c1-2-19-14(22)9-20-8-12(21)7-13(20)10-4-3-5-11(6-10)15(16,17)18/h3-6,12-13,21H,2,7-9H2,1H3,(H,19,22)/t12-,13-/m0/s1. The molecule has 22 heavy (non-hydrogen) atoms. The molecule has 1 amide bonds. The van der Waals surface area contributed by atoms with Gasteiger partial charge in [0.2, 0.25) is 5.91 Å². The monoisotopic (exact) mass is 316 g/mol. The van der Waals surface area contributed by atoms with Gasteiger partial charge in [-0.1, -0.05) is 12.1 Å². The van der Waals surface area contributed by atoms with Gasteiger partial charge in [0, 0.05) is 19.1 Å². The molecule has 1 heterocycles. The number of aliphatic hydroxyl groups is 1. The summed E-state index contributed by atoms with van der Waals surface area (Å²) < 4.78 is 38.4. The molecule has 0 aromatic heterocycles. The van der Waals surface area contributed by atoms with E-state index in [0.717, 1.165) is 12.1 Å². The van der Waals surface area contributed by atoms with E-state index in [-0.39, 0.29) is 25.0 Å². The lowest BCUT2D eigenvalue weighted by molar-refractivity contribution is -0.137. The number of amides is 1. The maximum atomic E-state index is 12.8. The quantitative estimate of drug-likeness (QED) is 0.893. The lowest BCUT2D eigenvalue weighted by Crippen LogP contribution is -2.37. The minimum atomic E-state index is -4.41. The summed E-state index contributed by atoms with van der Waals surface area (Å²) in [4.78, 5) is 13.4. The summed E-state index contributed by atoms with van der Waals surface area (Å²) in [5, 5.41) is 12.5. The number of nitrogens with one attached hydrogen (secondary N) is 1. The van der Waals surface area contributed by atoms with Crippen LogP contribution < -0.4 is 5.32 Å². The topological polar surface area (TPSA) is 52.6 Å². The zero-order valence-electron chi connectivity index (χ0n) is 12.2. The molecule has 2 rings (SSSR count). The summed E-state index contributed by atoms with van der Waals surface area (Å²) in [5.41, 5.74) is -0.250. The van der Waals surface area contributed by atoms with Gasteiger partial charge in [-0.3, -0.25) is 9.69 Å². The molecule has 0 saturated carbocycles. The summed E-state index contributed by atoms with van der Waals surface area (Å²) in [6.07, 6.45) is -4.73. The van der Waals surface area contributed by atoms with Crippen LogP contribution >= 0.6 is 0 Å². The molecule has 122 valence electrons. The van der Waals surface area contributed by atoms with Crippen molar-refractivity contribution in [1.29, 1.82) is 0 Å². The number of carbonyl (C=O) groups excluding carboxylic acids is 1. The van der Waals surface area contributed by atoms with E-state index in [9.17, 15) is 23.1 Å². The molecule has 0 spiro atoms. The molecule has 1 fully saturated rings. The molecule has 1 aliphatic heterocycles. The van der Waals surface area contributed by atoms with Crippen LogP contribution in [0.15, 0.2) is 24.3 Å². The van der Waals surface area contributed by atoms with Crippen LogP contribution in [-0.2, 0) is 11.0 Å². The van der Waals surface area contributed by atoms with Crippen molar-refractivity contribution >= 4 is 5.91 Å². The van der Waals surface area contributed by atoms with Crippen molar-refractivity contribution in [2.45, 2.75) is 31.7 Å². The van der Waals surface area contributed by atoms with Crippen LogP contribution in [0.1, 0.15) is 30.5 Å². The SMILES string of the molecule is CCNC(=O)CN1C[C@@H](O)C[C@H]1c1cccc(C(F)(F)F)c1. The lowest BCUT2D eigenvalue weighted by atomic mass is 10.0. The van der Waals surface area contributed by atoms with Crippen molar-refractivity contribution in [2.24, 2.45) is 0 Å². The van der Waals surface area contributed by atoms with Crippen LogP contribution in [0.5, 0.6) is 0 Å². The highest BCUT2D eigenvalue weighted by Crippen LogP contribution is 2.35. The summed E-state index contributed by atoms with van der Waals surface area (Å²) >= 11 is 0. The molecule has 1 aromatic carbocycles. The number of β-amino-alcohol motifs (C(OH)–C–C–N with tert-alkyl or cyclic N) is 1. The minimum Gasteiger partial charge on any atom is -0.392 e. The van der Waals surface area contributed by atoms with E-state index >= 15 is 0 Å². The minimum absolute atomic E-state index is 0.0613. The van der Waals surface area contributed by atoms with Crippen molar-refractivity contribution in [3.8, 4) is 0 Å². The molecule has 4 nitrogen and oxygen atoms in total. The largest absolute Gasteiger partial charge is 0.416 e. The molecular formula is C15H19F3N2O2. The summed E-state index contributed by atoms with van der Waals surface area (Å²) in [5.74, 6) is -0.200. The van der Waals surface area contributed by atoms with Gasteiger partial charge in [0.25, 0.3) is 0 Å². The van der Waals surface area contributed by atoms with Gasteiger partial charge in [0.15, 0.2) is 0 Å². The number of carbonyl (C=O) groups is 1. The second kappa shape index (κ2) is 6.66. The highest BCUT2D eigenvalue weighted by Gasteiger charge is 2.35. The Labute approximate surface area is 126 Å². The van der Waals surface area contributed by atoms with E-state index in [4.69, 9.17) is 0 Å². The fourth-order valence-corrected chi connectivity index (χ4v) is 2.76. The van der Waals surface area contributed by atoms with Crippen molar-refractivity contribution < 1.29 is 23.1 Å². The Balaban J connectivity index is 2.20. The number of rotatable bonds is 4. The van der Waals surface area contributed by atoms with Crippen molar-refractivity contribution in [1.82, 2.24) is 10.2 Å². The third-order valence-electron chi connectivity index (χ3n) is 3.70. The van der Waals surface area contributed by atoms with Gasteiger partial charge >= 0.3 is 6.18 Å². The van der Waals surface area contributed by atoms with Crippen LogP contribution in [0.25, 0.3) is 0 Å². The third-order valence-corrected chi connectivity index (χ3v) is 3.70. The molecule has 1 aromatic rings. The third kappa shape index (κ3) is 3.98. The molecule has 2 N–H and O–H groups in total. The first kappa shape index (κ1) is 16.8. The molecule has 2 atom stereocenters. The smallest absolute Gasteiger partial charge is 0.392 e. The van der Waals surface area contributed by atoms with Crippen LogP contribution in [0.2, 0.25) is 0 Å². The molecule has 0 radical (unpaired) electrons. The number of benzene rings is 1. The predicted octanol–water partition coefficient (Wildman–Crippen LogP) is 1.95. The van der Waals surface area contributed by atoms with E-state index in [1.807, 2.05) is 0 Å². The average molecular weight is 316 g/mol. The first-order chi connectivity index (χ1) is 10.3. The lowest BCUT2D eigenvalue weighted by Gasteiger charge is -2.24. The number of aliphatic hydroxyl groups excluding tert-OH is 1. The van der Waals surface area contributed by atoms with Crippen molar-refractivity contribution in [3.05, 3.63) is 35.4 Å². The highest BCUT2D eigenvalue weighted by molar-refractivity contribution is 5.78. The maximum absolute atomic E-state index is 12.8. The van der Waals surface area contributed by atoms with E-state index < -0.39 is 17.8 Å². The molecule has 0 bridgehead atoms. The first-order valence-corrected chi connectivity index (χ1v) is 7.17. The Hall–Kier alpha value is -1.60. The second-order valence-electron chi connectivity index (χ2n) is 5.41. The van der Waals surface area contributed by atoms with Gasteiger partial charge in [-0.05, 0) is 31.0 Å². The molecule has 0 unspecified atom stereocenters. The van der Waals surface area contributed by atoms with E-state index in [0.29, 0.717) is 18.5 Å². The number of hydrogen-bond acceptors (Lipinski definition) is 3. The number of likely N-dealkylation sites (N-methyl/N-ethyl adjacent to an activating group) is 1. The highest BCUT2D eigenvalue weighted by atomic mass is 19.4. The Morgan fingerprint density at radius 1 is 1.45 bits per heavy atom. The summed E-state index contributed by atoms with van der Waals surface area (Å²) in [7, 11) is 0. The van der Waals surface area contributed by atoms with Crippen LogP contribution in [0.4, 0.5) is 13.2 Å². The fourth-order valence-electron chi connectivity index (χ4n) is 2.76. The predicted molar refractivity (Wildman–Crippen MR) is 75.1 cm³/mol. The van der Waals surface area contributed by atoms with Gasteiger partial charge in [0.05, 0.1) is 18.2 Å². The van der Waals surface area contributed by atoms with E-state index in [1.165, 1.54) is 6.07 Å². The van der Waals surface area contributed by atoms with Crippen molar-refractivity contribution in [2.75, 3.05) is 19.6 Å². The molecule has 1 aliphatic rings. The Kier molecular flexibility index (Phi) is 5.08. The van der Waals surface area contributed by atoms with Crippen LogP contribution in [0.3, 0.4) is 0 Å². The van der Waals surface area contributed by atoms with Crippen LogP contribution in [0, 0.1) is 0 Å². The van der Waals surface area contributed by atoms with Gasteiger partial charge in [-0.25, -0.2) is 0 Å². The maximum Gasteiger partial charge on any atom is 0.416 e. The number of nitrogens with zero attached hydrogens (tertiary/aromatic N) is 1. The Morgan fingerprint density at radius 2 is 2.18 bits per heavy atom. The summed E-state index contributed by atoms with van der Waals surface area (Å²) in [6.45, 7) is 2.62. The average Bonchev–Trinajstić information content (AvgIpc) is 2.79. The number of alkyl halides is 3. The Bertz CT molecular complexity index is 534. The van der Waals surface area contributed by atoms with E-state index in [1.54, 1.807) is 17.9 Å². The van der Waals surface area contributed by atoms with Crippen LogP contribution in [-0.4, -0.2) is 41.7 Å². The summed E-state index contributed by atoms with van der Waals surface area (Å²) in [6, 6.07) is 4.67. The van der Waals surface area contributed by atoms with E-state index in [2.05, 4.69) is 5.32 Å². The molecule has 7 heteroatoms.